The van der Waals surface area contributed by atoms with Crippen molar-refractivity contribution >= 4 is 21.6 Å². The Morgan fingerprint density at radius 3 is 2.14 bits per heavy atom. The number of anilines is 1. The van der Waals surface area contributed by atoms with Gasteiger partial charge in [-0.1, -0.05) is 30.3 Å². The first-order chi connectivity index (χ1) is 13.2. The number of nitrogens with zero attached hydrogens (tertiary/aromatic N) is 1. The first-order valence-electron chi connectivity index (χ1n) is 8.72. The van der Waals surface area contributed by atoms with Crippen LogP contribution in [0.3, 0.4) is 0 Å². The highest BCUT2D eigenvalue weighted by Crippen LogP contribution is 2.36. The molecule has 0 aromatic heterocycles. The summed E-state index contributed by atoms with van der Waals surface area (Å²) in [5.74, 6) is -0.622. The molecule has 1 aliphatic rings. The van der Waals surface area contributed by atoms with Crippen LogP contribution in [0.25, 0.3) is 0 Å². The predicted molar refractivity (Wildman–Crippen MR) is 98.0 cm³/mol. The second kappa shape index (κ2) is 7.92. The number of rotatable bonds is 4. The summed E-state index contributed by atoms with van der Waals surface area (Å²) in [5.41, 5.74) is -0.541. The van der Waals surface area contributed by atoms with E-state index in [0.717, 1.165) is 22.5 Å². The lowest BCUT2D eigenvalue weighted by atomic mass is 9.97. The number of piperidine rings is 1. The predicted octanol–water partition coefficient (Wildman–Crippen LogP) is 3.74. The van der Waals surface area contributed by atoms with Gasteiger partial charge in [-0.3, -0.25) is 4.79 Å². The van der Waals surface area contributed by atoms with E-state index in [9.17, 15) is 26.4 Å². The van der Waals surface area contributed by atoms with E-state index >= 15 is 0 Å². The minimum Gasteiger partial charge on any atom is -0.326 e. The molecule has 1 saturated heterocycles. The number of amides is 1. The third-order valence-electron chi connectivity index (χ3n) is 4.68. The first-order valence-corrected chi connectivity index (χ1v) is 10.2. The molecule has 1 fully saturated rings. The van der Waals surface area contributed by atoms with Gasteiger partial charge in [-0.2, -0.15) is 17.5 Å². The third-order valence-corrected chi connectivity index (χ3v) is 6.63. The molecule has 1 heterocycles. The lowest BCUT2D eigenvalue weighted by molar-refractivity contribution is -0.139. The summed E-state index contributed by atoms with van der Waals surface area (Å²) < 4.78 is 66.1. The average Bonchev–Trinajstić information content (AvgIpc) is 2.68. The highest BCUT2D eigenvalue weighted by atomic mass is 32.2. The Hall–Kier alpha value is -2.39. The zero-order chi connectivity index (χ0) is 20.4. The fraction of sp³-hybridized carbons (Fsp3) is 0.316. The van der Waals surface area contributed by atoms with E-state index in [1.807, 2.05) is 6.07 Å². The number of carbonyl (C=O) groups excluding carboxylic acids is 1. The summed E-state index contributed by atoms with van der Waals surface area (Å²) in [4.78, 5) is 11.6. The van der Waals surface area contributed by atoms with Crippen molar-refractivity contribution in [3.63, 3.8) is 0 Å². The summed E-state index contributed by atoms with van der Waals surface area (Å²) in [6.45, 7) is -0.0250. The van der Waals surface area contributed by atoms with Gasteiger partial charge < -0.3 is 5.32 Å². The van der Waals surface area contributed by atoms with E-state index in [2.05, 4.69) is 5.32 Å². The maximum Gasteiger partial charge on any atom is 0.417 e. The van der Waals surface area contributed by atoms with Gasteiger partial charge in [-0.25, -0.2) is 8.42 Å². The zero-order valence-corrected chi connectivity index (χ0v) is 15.6. The smallest absolute Gasteiger partial charge is 0.326 e. The quantitative estimate of drug-likeness (QED) is 0.832. The van der Waals surface area contributed by atoms with Gasteiger partial charge in [0, 0.05) is 24.7 Å². The number of carbonyl (C=O) groups is 1. The van der Waals surface area contributed by atoms with Crippen molar-refractivity contribution in [1.82, 2.24) is 4.31 Å². The fourth-order valence-corrected chi connectivity index (χ4v) is 4.87. The van der Waals surface area contributed by atoms with Crippen molar-refractivity contribution in [2.24, 2.45) is 5.92 Å². The Morgan fingerprint density at radius 1 is 0.964 bits per heavy atom. The van der Waals surface area contributed by atoms with Gasteiger partial charge in [0.15, 0.2) is 0 Å². The molecule has 28 heavy (non-hydrogen) atoms. The van der Waals surface area contributed by atoms with Crippen LogP contribution in [0.15, 0.2) is 59.5 Å². The Balaban J connectivity index is 1.70. The Labute approximate surface area is 161 Å². The third kappa shape index (κ3) is 4.36. The van der Waals surface area contributed by atoms with Crippen LogP contribution in [0.2, 0.25) is 0 Å². The fourth-order valence-electron chi connectivity index (χ4n) is 3.19. The number of nitrogens with one attached hydrogen (secondary N) is 1. The van der Waals surface area contributed by atoms with Crippen molar-refractivity contribution in [3.05, 3.63) is 60.2 Å². The molecule has 5 nitrogen and oxygen atoms in total. The van der Waals surface area contributed by atoms with Crippen LogP contribution in [0.4, 0.5) is 18.9 Å². The lowest BCUT2D eigenvalue weighted by Crippen LogP contribution is -2.41. The molecule has 0 bridgehead atoms. The Morgan fingerprint density at radius 2 is 1.54 bits per heavy atom. The maximum absolute atomic E-state index is 13.2. The summed E-state index contributed by atoms with van der Waals surface area (Å²) in [7, 11) is -4.30. The van der Waals surface area contributed by atoms with Crippen LogP contribution in [-0.2, 0) is 21.0 Å². The van der Waals surface area contributed by atoms with E-state index in [1.165, 1.54) is 6.07 Å². The van der Waals surface area contributed by atoms with Crippen LogP contribution in [0.5, 0.6) is 0 Å². The van der Waals surface area contributed by atoms with Gasteiger partial charge in [0.1, 0.15) is 0 Å². The molecule has 1 N–H and O–H groups in total. The van der Waals surface area contributed by atoms with Gasteiger partial charge in [-0.15, -0.1) is 0 Å². The number of hydrogen-bond donors (Lipinski definition) is 1. The molecule has 3 rings (SSSR count). The normalized spacial score (nSPS) is 16.7. The Bertz CT molecular complexity index is 938. The van der Waals surface area contributed by atoms with E-state index in [4.69, 9.17) is 0 Å². The first kappa shape index (κ1) is 20.3. The Kier molecular flexibility index (Phi) is 5.76. The number of sulfonamides is 1. The van der Waals surface area contributed by atoms with Gasteiger partial charge >= 0.3 is 6.18 Å². The number of hydrogen-bond acceptors (Lipinski definition) is 3. The summed E-state index contributed by atoms with van der Waals surface area (Å²) in [6.07, 6.45) is -4.28. The molecular weight excluding hydrogens is 393 g/mol. The van der Waals surface area contributed by atoms with Crippen molar-refractivity contribution in [1.29, 1.82) is 0 Å². The van der Waals surface area contributed by atoms with Crippen LogP contribution in [-0.4, -0.2) is 31.7 Å². The molecule has 0 unspecified atom stereocenters. The van der Waals surface area contributed by atoms with E-state index in [-0.39, 0.29) is 31.8 Å². The van der Waals surface area contributed by atoms with Gasteiger partial charge in [0.25, 0.3) is 0 Å². The van der Waals surface area contributed by atoms with Crippen LogP contribution >= 0.6 is 0 Å². The molecule has 2 aromatic rings. The molecule has 0 aliphatic carbocycles. The van der Waals surface area contributed by atoms with E-state index < -0.39 is 32.6 Å². The second-order valence-electron chi connectivity index (χ2n) is 6.53. The number of benzene rings is 2. The van der Waals surface area contributed by atoms with Gasteiger partial charge in [-0.05, 0) is 37.1 Å². The molecule has 0 saturated carbocycles. The minimum absolute atomic E-state index is 0.0125. The topological polar surface area (TPSA) is 66.5 Å². The van der Waals surface area contributed by atoms with E-state index in [1.54, 1.807) is 24.3 Å². The minimum atomic E-state index is -4.77. The summed E-state index contributed by atoms with van der Waals surface area (Å²) in [6, 6.07) is 13.0. The van der Waals surface area contributed by atoms with Gasteiger partial charge in [0.2, 0.25) is 15.9 Å². The molecule has 2 aromatic carbocycles. The number of para-hydroxylation sites is 1. The lowest BCUT2D eigenvalue weighted by Gasteiger charge is -2.31. The number of halogens is 3. The van der Waals surface area contributed by atoms with Crippen LogP contribution in [0, 0.1) is 5.92 Å². The van der Waals surface area contributed by atoms with Crippen molar-refractivity contribution in [3.8, 4) is 0 Å². The molecule has 0 radical (unpaired) electrons. The second-order valence-corrected chi connectivity index (χ2v) is 8.43. The molecule has 1 amide bonds. The highest BCUT2D eigenvalue weighted by Gasteiger charge is 2.40. The molecule has 0 atom stereocenters. The SMILES string of the molecule is O=C(Nc1ccccc1)C1CCN(S(=O)(=O)c2ccccc2C(F)(F)F)CC1. The van der Waals surface area contributed by atoms with Crippen molar-refractivity contribution in [2.45, 2.75) is 23.9 Å². The average molecular weight is 412 g/mol. The maximum atomic E-state index is 13.2. The standard InChI is InChI=1S/C19H19F3N2O3S/c20-19(21,22)16-8-4-5-9-17(16)28(26,27)24-12-10-14(11-13-24)18(25)23-15-6-2-1-3-7-15/h1-9,14H,10-13H2,(H,23,25). The summed E-state index contributed by atoms with van der Waals surface area (Å²) in [5, 5.41) is 2.77. The zero-order valence-electron chi connectivity index (χ0n) is 14.8. The molecule has 9 heteroatoms. The number of alkyl halides is 3. The molecular formula is C19H19F3N2O3S. The van der Waals surface area contributed by atoms with E-state index in [0.29, 0.717) is 5.69 Å². The molecule has 0 spiro atoms. The van der Waals surface area contributed by atoms with Crippen molar-refractivity contribution < 1.29 is 26.4 Å². The van der Waals surface area contributed by atoms with Crippen LogP contribution in [0.1, 0.15) is 18.4 Å². The largest absolute Gasteiger partial charge is 0.417 e. The molecule has 150 valence electrons. The summed E-state index contributed by atoms with van der Waals surface area (Å²) >= 11 is 0. The highest BCUT2D eigenvalue weighted by molar-refractivity contribution is 7.89. The van der Waals surface area contributed by atoms with Gasteiger partial charge in [0.05, 0.1) is 10.5 Å². The molecule has 1 aliphatic heterocycles. The monoisotopic (exact) mass is 412 g/mol. The van der Waals surface area contributed by atoms with Crippen molar-refractivity contribution in [2.75, 3.05) is 18.4 Å². The van der Waals surface area contributed by atoms with Crippen LogP contribution < -0.4 is 5.32 Å².